The number of carbonyl (C=O) groups excluding carboxylic acids is 1. The highest BCUT2D eigenvalue weighted by Crippen LogP contribution is 2.39. The first-order valence-corrected chi connectivity index (χ1v) is 5.08. The fourth-order valence-electron chi connectivity index (χ4n) is 2.15. The lowest BCUT2D eigenvalue weighted by Crippen LogP contribution is -2.24. The maximum atomic E-state index is 10.2. The standard InChI is InChI=1S/C11H18NO/c1-8(2)10-5-4-9(3)6-11(10)12-7-13/h8-10H,4-6H2,1-3H3. The Labute approximate surface area is 80.4 Å². The van der Waals surface area contributed by atoms with Crippen molar-refractivity contribution in [3.05, 3.63) is 6.04 Å². The molecule has 2 heteroatoms. The van der Waals surface area contributed by atoms with Crippen LogP contribution in [0, 0.1) is 23.8 Å². The van der Waals surface area contributed by atoms with Crippen LogP contribution in [-0.2, 0) is 4.79 Å². The Hall–Kier alpha value is -0.620. The zero-order valence-corrected chi connectivity index (χ0v) is 8.71. The molecule has 0 aromatic rings. The number of aliphatic imine (C=N–C) groups is 1. The van der Waals surface area contributed by atoms with Crippen LogP contribution in [0.1, 0.15) is 40.0 Å². The van der Waals surface area contributed by atoms with E-state index in [0.717, 1.165) is 12.5 Å². The van der Waals surface area contributed by atoms with Crippen LogP contribution >= 0.6 is 0 Å². The molecule has 2 unspecified atom stereocenters. The summed E-state index contributed by atoms with van der Waals surface area (Å²) < 4.78 is 0. The lowest BCUT2D eigenvalue weighted by Gasteiger charge is -2.33. The van der Waals surface area contributed by atoms with E-state index in [9.17, 15) is 4.79 Å². The van der Waals surface area contributed by atoms with E-state index < -0.39 is 0 Å². The van der Waals surface area contributed by atoms with Gasteiger partial charge in [0, 0.05) is 0 Å². The first-order chi connectivity index (χ1) is 6.15. The van der Waals surface area contributed by atoms with Crippen LogP contribution in [0.4, 0.5) is 0 Å². The lowest BCUT2D eigenvalue weighted by atomic mass is 9.74. The molecule has 1 aliphatic carbocycles. The molecule has 1 fully saturated rings. The Morgan fingerprint density at radius 2 is 2.15 bits per heavy atom. The van der Waals surface area contributed by atoms with Crippen LogP contribution < -0.4 is 0 Å². The van der Waals surface area contributed by atoms with Gasteiger partial charge in [0.05, 0.1) is 0 Å². The largest absolute Gasteiger partial charge is 0.235 e. The predicted octanol–water partition coefficient (Wildman–Crippen LogP) is 2.95. The zero-order chi connectivity index (χ0) is 9.84. The highest BCUT2D eigenvalue weighted by atomic mass is 16.1. The maximum absolute atomic E-state index is 10.2. The monoisotopic (exact) mass is 180 g/mol. The minimum atomic E-state index is 0.512. The maximum Gasteiger partial charge on any atom is 0.235 e. The molecule has 0 bridgehead atoms. The van der Waals surface area contributed by atoms with E-state index in [4.69, 9.17) is 0 Å². The van der Waals surface area contributed by atoms with Crippen LogP contribution in [0.15, 0.2) is 4.99 Å². The summed E-state index contributed by atoms with van der Waals surface area (Å²) in [6.07, 6.45) is 5.11. The number of isocyanates is 1. The summed E-state index contributed by atoms with van der Waals surface area (Å²) in [5, 5.41) is 0. The van der Waals surface area contributed by atoms with Gasteiger partial charge in [0.1, 0.15) is 6.04 Å². The van der Waals surface area contributed by atoms with Gasteiger partial charge in [-0.3, -0.25) is 0 Å². The molecule has 1 rings (SSSR count). The Kier molecular flexibility index (Phi) is 3.68. The van der Waals surface area contributed by atoms with E-state index in [1.165, 1.54) is 12.8 Å². The molecule has 0 aromatic carbocycles. The Balaban J connectivity index is 2.65. The summed E-state index contributed by atoms with van der Waals surface area (Å²) in [4.78, 5) is 14.1. The van der Waals surface area contributed by atoms with Crippen molar-refractivity contribution in [2.24, 2.45) is 22.7 Å². The highest BCUT2D eigenvalue weighted by Gasteiger charge is 2.31. The highest BCUT2D eigenvalue weighted by molar-refractivity contribution is 5.36. The van der Waals surface area contributed by atoms with Crippen molar-refractivity contribution in [3.63, 3.8) is 0 Å². The molecule has 2 atom stereocenters. The van der Waals surface area contributed by atoms with Crippen molar-refractivity contribution in [1.82, 2.24) is 0 Å². The molecule has 73 valence electrons. The summed E-state index contributed by atoms with van der Waals surface area (Å²) in [6.45, 7) is 6.61. The van der Waals surface area contributed by atoms with Crippen LogP contribution in [0.5, 0.6) is 0 Å². The van der Waals surface area contributed by atoms with Gasteiger partial charge >= 0.3 is 0 Å². The van der Waals surface area contributed by atoms with Gasteiger partial charge in [-0.25, -0.2) is 4.79 Å². The number of hydrogen-bond acceptors (Lipinski definition) is 2. The second-order valence-corrected chi connectivity index (χ2v) is 4.43. The molecule has 0 spiro atoms. The molecule has 0 aliphatic heterocycles. The summed E-state index contributed by atoms with van der Waals surface area (Å²) in [5.74, 6) is 1.79. The minimum absolute atomic E-state index is 0.512. The van der Waals surface area contributed by atoms with Crippen LogP contribution in [0.2, 0.25) is 0 Å². The fourth-order valence-corrected chi connectivity index (χ4v) is 2.15. The van der Waals surface area contributed by atoms with Gasteiger partial charge in [-0.2, -0.15) is 4.99 Å². The van der Waals surface area contributed by atoms with E-state index in [1.807, 2.05) is 0 Å². The second kappa shape index (κ2) is 4.57. The lowest BCUT2D eigenvalue weighted by molar-refractivity contribution is 0.262. The molecule has 0 heterocycles. The third-order valence-corrected chi connectivity index (χ3v) is 2.95. The average molecular weight is 180 g/mol. The third-order valence-electron chi connectivity index (χ3n) is 2.95. The van der Waals surface area contributed by atoms with E-state index in [1.54, 1.807) is 6.08 Å². The zero-order valence-electron chi connectivity index (χ0n) is 8.71. The van der Waals surface area contributed by atoms with E-state index in [-0.39, 0.29) is 0 Å². The third kappa shape index (κ3) is 2.67. The summed E-state index contributed by atoms with van der Waals surface area (Å²) in [7, 11) is 0. The predicted molar refractivity (Wildman–Crippen MR) is 52.7 cm³/mol. The molecule has 0 saturated heterocycles. The smallest absolute Gasteiger partial charge is 0.211 e. The van der Waals surface area contributed by atoms with Gasteiger partial charge in [0.15, 0.2) is 0 Å². The first-order valence-electron chi connectivity index (χ1n) is 5.08. The molecule has 2 nitrogen and oxygen atoms in total. The summed E-state index contributed by atoms with van der Waals surface area (Å²) >= 11 is 0. The Morgan fingerprint density at radius 3 is 2.69 bits per heavy atom. The van der Waals surface area contributed by atoms with Gasteiger partial charge in [-0.15, -0.1) is 0 Å². The van der Waals surface area contributed by atoms with Gasteiger partial charge < -0.3 is 0 Å². The number of nitrogens with zero attached hydrogens (tertiary/aromatic N) is 1. The average Bonchev–Trinajstić information content (AvgIpc) is 2.04. The van der Waals surface area contributed by atoms with Gasteiger partial charge in [-0.1, -0.05) is 27.2 Å². The Morgan fingerprint density at radius 1 is 1.46 bits per heavy atom. The van der Waals surface area contributed by atoms with Crippen molar-refractivity contribution >= 4 is 6.08 Å². The first kappa shape index (κ1) is 10.5. The minimum Gasteiger partial charge on any atom is -0.211 e. The molecule has 1 saturated carbocycles. The summed E-state index contributed by atoms with van der Waals surface area (Å²) in [5.41, 5.74) is 0. The fraction of sp³-hybridized carbons (Fsp3) is 0.818. The molecule has 1 radical (unpaired) electrons. The van der Waals surface area contributed by atoms with Gasteiger partial charge in [-0.05, 0) is 30.6 Å². The van der Waals surface area contributed by atoms with Crippen molar-refractivity contribution in [2.45, 2.75) is 40.0 Å². The van der Waals surface area contributed by atoms with E-state index in [0.29, 0.717) is 17.8 Å². The molecule has 0 N–H and O–H groups in total. The van der Waals surface area contributed by atoms with Gasteiger partial charge in [0.25, 0.3) is 0 Å². The Bertz CT molecular complexity index is 206. The quantitative estimate of drug-likeness (QED) is 0.474. The van der Waals surface area contributed by atoms with Crippen LogP contribution in [-0.4, -0.2) is 6.08 Å². The molecular weight excluding hydrogens is 162 g/mol. The topological polar surface area (TPSA) is 29.4 Å². The molecule has 0 aromatic heterocycles. The van der Waals surface area contributed by atoms with E-state index in [2.05, 4.69) is 25.8 Å². The molecular formula is C11H18NO. The molecule has 13 heavy (non-hydrogen) atoms. The van der Waals surface area contributed by atoms with Crippen molar-refractivity contribution in [1.29, 1.82) is 0 Å². The van der Waals surface area contributed by atoms with Crippen molar-refractivity contribution in [2.75, 3.05) is 0 Å². The second-order valence-electron chi connectivity index (χ2n) is 4.43. The van der Waals surface area contributed by atoms with Crippen LogP contribution in [0.25, 0.3) is 0 Å². The number of hydrogen-bond donors (Lipinski definition) is 0. The van der Waals surface area contributed by atoms with Crippen LogP contribution in [0.3, 0.4) is 0 Å². The van der Waals surface area contributed by atoms with E-state index >= 15 is 0 Å². The summed E-state index contributed by atoms with van der Waals surface area (Å²) in [6, 6.07) is 1.07. The molecule has 0 amide bonds. The van der Waals surface area contributed by atoms with Gasteiger partial charge in [0.2, 0.25) is 6.08 Å². The van der Waals surface area contributed by atoms with Crippen molar-refractivity contribution in [3.8, 4) is 0 Å². The normalized spacial score (nSPS) is 30.2. The number of rotatable bonds is 2. The van der Waals surface area contributed by atoms with Crippen molar-refractivity contribution < 1.29 is 4.79 Å². The molecule has 1 aliphatic rings. The SMILES string of the molecule is CC1CCC(C(C)C)[C](N=C=O)C1.